The Kier molecular flexibility index (Phi) is 5.94. The Hall–Kier alpha value is -0.460. The fourth-order valence-electron chi connectivity index (χ4n) is 1.79. The molecule has 0 radical (unpaired) electrons. The number of halogens is 1. The van der Waals surface area contributed by atoms with E-state index in [1.165, 1.54) is 27.4 Å². The summed E-state index contributed by atoms with van der Waals surface area (Å²) in [7, 11) is 0. The van der Waals surface area contributed by atoms with E-state index >= 15 is 0 Å². The minimum atomic E-state index is 0.552. The van der Waals surface area contributed by atoms with Gasteiger partial charge in [0.1, 0.15) is 5.40 Å². The zero-order chi connectivity index (χ0) is 12.0. The summed E-state index contributed by atoms with van der Waals surface area (Å²) in [5.74, 6) is 1.46. The summed E-state index contributed by atoms with van der Waals surface area (Å²) in [4.78, 5) is 0. The highest BCUT2D eigenvalue weighted by Gasteiger charge is 2.12. The van der Waals surface area contributed by atoms with Crippen LogP contribution in [0.5, 0.6) is 0 Å². The maximum atomic E-state index is 8.52. The fraction of sp³-hybridized carbons (Fsp3) is 0.462. The van der Waals surface area contributed by atoms with Crippen LogP contribution in [0.4, 0.5) is 0 Å². The number of hydrogen-bond acceptors (Lipinski definition) is 2. The van der Waals surface area contributed by atoms with Crippen molar-refractivity contribution in [1.82, 2.24) is 0 Å². The van der Waals surface area contributed by atoms with E-state index in [1.54, 1.807) is 0 Å². The number of nitriles is 1. The van der Waals surface area contributed by atoms with Crippen molar-refractivity contribution in [2.75, 3.05) is 5.75 Å². The van der Waals surface area contributed by atoms with Gasteiger partial charge < -0.3 is 0 Å². The summed E-state index contributed by atoms with van der Waals surface area (Å²) in [6.07, 6.45) is 2.18. The molecular weight excluding hydrogens is 282 g/mol. The van der Waals surface area contributed by atoms with Crippen LogP contribution < -0.4 is 0 Å². The quantitative estimate of drug-likeness (QED) is 0.573. The Bertz CT molecular complexity index is 384. The number of hydrogen-bond donors (Lipinski definition) is 0. The smallest absolute Gasteiger partial charge is 0.133 e. The van der Waals surface area contributed by atoms with Crippen molar-refractivity contribution < 1.29 is 0 Å². The number of aryl methyl sites for hydroxylation is 1. The predicted molar refractivity (Wildman–Crippen MR) is 74.6 cm³/mol. The summed E-state index contributed by atoms with van der Waals surface area (Å²) in [5, 5.41) is 10.6. The second-order valence-electron chi connectivity index (χ2n) is 3.86. The molecule has 1 rings (SSSR count). The molecule has 0 spiro atoms. The van der Waals surface area contributed by atoms with Crippen LogP contribution in [0.2, 0.25) is 0 Å². The van der Waals surface area contributed by atoms with Gasteiger partial charge in [0.05, 0.1) is 0 Å². The van der Waals surface area contributed by atoms with Crippen molar-refractivity contribution in [3.63, 3.8) is 0 Å². The number of thiocyanates is 1. The highest BCUT2D eigenvalue weighted by atomic mass is 79.9. The molecular formula is C13H16BrNS. The van der Waals surface area contributed by atoms with E-state index in [4.69, 9.17) is 5.26 Å². The normalized spacial score (nSPS) is 12.1. The summed E-state index contributed by atoms with van der Waals surface area (Å²) in [6.45, 7) is 4.30. The van der Waals surface area contributed by atoms with Gasteiger partial charge in [0.25, 0.3) is 0 Å². The fourth-order valence-corrected chi connectivity index (χ4v) is 3.10. The maximum Gasteiger partial charge on any atom is 0.133 e. The topological polar surface area (TPSA) is 23.8 Å². The van der Waals surface area contributed by atoms with Gasteiger partial charge in [-0.1, -0.05) is 35.0 Å². The van der Waals surface area contributed by atoms with Crippen molar-refractivity contribution in [2.24, 2.45) is 0 Å². The lowest BCUT2D eigenvalue weighted by Crippen LogP contribution is -2.00. The van der Waals surface area contributed by atoms with Crippen LogP contribution in [0, 0.1) is 17.6 Å². The van der Waals surface area contributed by atoms with Gasteiger partial charge in [-0.3, -0.25) is 0 Å². The molecule has 1 aromatic carbocycles. The Morgan fingerprint density at radius 3 is 2.81 bits per heavy atom. The van der Waals surface area contributed by atoms with Crippen molar-refractivity contribution in [1.29, 1.82) is 5.26 Å². The summed E-state index contributed by atoms with van der Waals surface area (Å²) >= 11 is 4.97. The molecule has 0 aromatic heterocycles. The van der Waals surface area contributed by atoms with Crippen LogP contribution >= 0.6 is 27.7 Å². The molecule has 0 fully saturated rings. The van der Waals surface area contributed by atoms with Crippen molar-refractivity contribution in [2.45, 2.75) is 32.6 Å². The van der Waals surface area contributed by atoms with Crippen LogP contribution in [0.15, 0.2) is 22.7 Å². The van der Waals surface area contributed by atoms with E-state index < -0.39 is 0 Å². The summed E-state index contributed by atoms with van der Waals surface area (Å²) in [5.41, 5.74) is 2.64. The van der Waals surface area contributed by atoms with Gasteiger partial charge in [0.2, 0.25) is 0 Å². The molecule has 0 bridgehead atoms. The average molecular weight is 298 g/mol. The van der Waals surface area contributed by atoms with Crippen LogP contribution in [-0.2, 0) is 0 Å². The second-order valence-corrected chi connectivity index (χ2v) is 5.59. The lowest BCUT2D eigenvalue weighted by atomic mass is 9.93. The minimum Gasteiger partial charge on any atom is -0.185 e. The van der Waals surface area contributed by atoms with E-state index in [2.05, 4.69) is 53.4 Å². The van der Waals surface area contributed by atoms with E-state index in [1.807, 2.05) is 0 Å². The van der Waals surface area contributed by atoms with Gasteiger partial charge in [-0.15, -0.1) is 0 Å². The third-order valence-corrected chi connectivity index (χ3v) is 3.98. The summed E-state index contributed by atoms with van der Waals surface area (Å²) in [6, 6.07) is 6.51. The molecule has 86 valence electrons. The molecule has 0 N–H and O–H groups in total. The molecule has 0 heterocycles. The first-order valence-corrected chi connectivity index (χ1v) is 7.23. The molecule has 0 saturated heterocycles. The number of thioether (sulfide) groups is 1. The van der Waals surface area contributed by atoms with Gasteiger partial charge in [-0.25, -0.2) is 0 Å². The largest absolute Gasteiger partial charge is 0.185 e. The SMILES string of the molecule is CCC(CCSC#N)c1ccc(C)cc1Br. The average Bonchev–Trinajstić information content (AvgIpc) is 2.26. The van der Waals surface area contributed by atoms with Gasteiger partial charge in [0, 0.05) is 10.2 Å². The van der Waals surface area contributed by atoms with Crippen molar-refractivity contribution in [3.05, 3.63) is 33.8 Å². The Balaban J connectivity index is 2.75. The molecule has 1 aromatic rings. The highest BCUT2D eigenvalue weighted by Crippen LogP contribution is 2.31. The zero-order valence-corrected chi connectivity index (χ0v) is 12.1. The molecule has 16 heavy (non-hydrogen) atoms. The molecule has 0 saturated carbocycles. The van der Waals surface area contributed by atoms with E-state index in [9.17, 15) is 0 Å². The third-order valence-electron chi connectivity index (χ3n) is 2.72. The molecule has 1 nitrogen and oxygen atoms in total. The summed E-state index contributed by atoms with van der Waals surface area (Å²) < 4.78 is 1.20. The Labute approximate surface area is 110 Å². The minimum absolute atomic E-state index is 0.552. The van der Waals surface area contributed by atoms with E-state index in [0.29, 0.717) is 5.92 Å². The number of nitrogens with zero attached hydrogens (tertiary/aromatic N) is 1. The first kappa shape index (κ1) is 13.6. The second kappa shape index (κ2) is 6.98. The number of benzene rings is 1. The first-order chi connectivity index (χ1) is 7.69. The van der Waals surface area contributed by atoms with Gasteiger partial charge in [0.15, 0.2) is 0 Å². The van der Waals surface area contributed by atoms with Crippen LogP contribution in [0.3, 0.4) is 0 Å². The van der Waals surface area contributed by atoms with E-state index in [0.717, 1.165) is 18.6 Å². The van der Waals surface area contributed by atoms with Gasteiger partial charge in [-0.2, -0.15) is 5.26 Å². The van der Waals surface area contributed by atoms with Crippen molar-refractivity contribution in [3.8, 4) is 5.40 Å². The molecule has 0 aliphatic carbocycles. The lowest BCUT2D eigenvalue weighted by Gasteiger charge is -2.16. The maximum absolute atomic E-state index is 8.52. The van der Waals surface area contributed by atoms with E-state index in [-0.39, 0.29) is 0 Å². The third kappa shape index (κ3) is 3.84. The predicted octanol–water partition coefficient (Wildman–Crippen LogP) is 4.86. The zero-order valence-electron chi connectivity index (χ0n) is 9.66. The molecule has 3 heteroatoms. The molecule has 0 aliphatic rings. The Morgan fingerprint density at radius 2 is 2.25 bits per heavy atom. The van der Waals surface area contributed by atoms with Crippen LogP contribution in [-0.4, -0.2) is 5.75 Å². The van der Waals surface area contributed by atoms with Crippen molar-refractivity contribution >= 4 is 27.7 Å². The standard InChI is InChI=1S/C13H16BrNS/c1-3-11(6-7-16-9-15)12-5-4-10(2)8-13(12)14/h4-5,8,11H,3,6-7H2,1-2H3. The first-order valence-electron chi connectivity index (χ1n) is 5.46. The number of rotatable bonds is 5. The van der Waals surface area contributed by atoms with Crippen LogP contribution in [0.25, 0.3) is 0 Å². The Morgan fingerprint density at radius 1 is 1.50 bits per heavy atom. The van der Waals surface area contributed by atoms with Crippen LogP contribution in [0.1, 0.15) is 36.8 Å². The molecule has 0 amide bonds. The van der Waals surface area contributed by atoms with Gasteiger partial charge >= 0.3 is 0 Å². The molecule has 1 unspecified atom stereocenters. The molecule has 1 atom stereocenters. The lowest BCUT2D eigenvalue weighted by molar-refractivity contribution is 0.645. The van der Waals surface area contributed by atoms with Gasteiger partial charge in [-0.05, 0) is 54.6 Å². The molecule has 0 aliphatic heterocycles. The highest BCUT2D eigenvalue weighted by molar-refractivity contribution is 9.10. The monoisotopic (exact) mass is 297 g/mol.